The van der Waals surface area contributed by atoms with Crippen LogP contribution >= 0.6 is 0 Å². The number of methoxy groups -OCH3 is 3. The fourth-order valence-electron chi connectivity index (χ4n) is 14.3. The molecule has 0 spiro atoms. The maximum Gasteiger partial charge on any atom is 0.340 e. The lowest BCUT2D eigenvalue weighted by molar-refractivity contribution is -0.353. The molecule has 1 aromatic carbocycles. The minimum atomic E-state index is -2.18. The van der Waals surface area contributed by atoms with Crippen molar-refractivity contribution < 1.29 is 92.3 Å². The molecule has 20 heteroatoms. The summed E-state index contributed by atoms with van der Waals surface area (Å²) in [5.74, 6) is -2.43. The van der Waals surface area contributed by atoms with Gasteiger partial charge >= 0.3 is 11.9 Å². The molecule has 3 aliphatic heterocycles. The second-order valence-electron chi connectivity index (χ2n) is 22.9. The Balaban J connectivity index is 0.896. The van der Waals surface area contributed by atoms with Gasteiger partial charge in [-0.25, -0.2) is 9.59 Å². The zero-order valence-electron chi connectivity index (χ0n) is 45.4. The van der Waals surface area contributed by atoms with Crippen molar-refractivity contribution in [3.63, 3.8) is 0 Å². The van der Waals surface area contributed by atoms with Crippen molar-refractivity contribution in [3.8, 4) is 0 Å². The molecule has 9 rings (SSSR count). The summed E-state index contributed by atoms with van der Waals surface area (Å²) in [6, 6.07) is 12.3. The second kappa shape index (κ2) is 22.3. The first-order valence-corrected chi connectivity index (χ1v) is 27.0. The number of pyridine rings is 1. The van der Waals surface area contributed by atoms with Crippen LogP contribution in [0.1, 0.15) is 109 Å². The number of hydrogen-bond donors (Lipinski definition) is 6. The number of aromatic nitrogens is 1. The summed E-state index contributed by atoms with van der Waals surface area (Å²) in [5.41, 5.74) is -9.97. The fraction of sp³-hybridized carbons (Fsp3) is 0.702. The third-order valence-electron chi connectivity index (χ3n) is 19.0. The quantitative estimate of drug-likeness (QED) is 0.0843. The highest BCUT2D eigenvalue weighted by molar-refractivity contribution is 5.89. The molecule has 1 aromatic heterocycles. The van der Waals surface area contributed by atoms with Gasteiger partial charge in [0.15, 0.2) is 18.9 Å². The van der Waals surface area contributed by atoms with Crippen molar-refractivity contribution in [2.75, 3.05) is 21.3 Å². The number of carbonyl (C=O) groups excluding carboxylic acids is 2. The molecular formula is C57H79NO19. The van der Waals surface area contributed by atoms with E-state index < -0.39 is 149 Å². The van der Waals surface area contributed by atoms with Gasteiger partial charge in [0.1, 0.15) is 59.5 Å². The minimum Gasteiger partial charge on any atom is -0.458 e. The number of nitrogens with zero attached hydrogens (tertiary/aromatic N) is 1. The predicted molar refractivity (Wildman–Crippen MR) is 272 cm³/mol. The molecule has 0 radical (unpaired) electrons. The first-order chi connectivity index (χ1) is 36.5. The van der Waals surface area contributed by atoms with Crippen molar-refractivity contribution in [2.24, 2.45) is 16.7 Å². The van der Waals surface area contributed by atoms with Gasteiger partial charge in [0.2, 0.25) is 0 Å². The van der Waals surface area contributed by atoms with E-state index in [4.69, 9.17) is 52.1 Å². The summed E-state index contributed by atoms with van der Waals surface area (Å²) in [7, 11) is 4.54. The van der Waals surface area contributed by atoms with Crippen LogP contribution in [0.2, 0.25) is 0 Å². The number of carbonyl (C=O) groups is 2. The summed E-state index contributed by atoms with van der Waals surface area (Å²) < 4.78 is 67.6. The van der Waals surface area contributed by atoms with Crippen LogP contribution in [0.15, 0.2) is 73.1 Å². The van der Waals surface area contributed by atoms with Crippen LogP contribution in [0.4, 0.5) is 0 Å². The van der Waals surface area contributed by atoms with Gasteiger partial charge in [0.25, 0.3) is 0 Å². The Bertz CT molecular complexity index is 2440. The van der Waals surface area contributed by atoms with Crippen molar-refractivity contribution >= 4 is 18.0 Å². The van der Waals surface area contributed by atoms with E-state index in [0.29, 0.717) is 12.8 Å². The number of aliphatic hydroxyl groups excluding tert-OH is 2. The number of aliphatic hydroxyl groups is 6. The average molecular weight is 1080 g/mol. The van der Waals surface area contributed by atoms with E-state index in [9.17, 15) is 40.2 Å². The van der Waals surface area contributed by atoms with Gasteiger partial charge in [-0.05, 0) is 83.6 Å². The molecule has 0 unspecified atom stereocenters. The Morgan fingerprint density at radius 2 is 1.42 bits per heavy atom. The van der Waals surface area contributed by atoms with Crippen LogP contribution < -0.4 is 0 Å². The molecule has 6 N–H and O–H groups in total. The maximum atomic E-state index is 13.9. The number of ether oxygens (including phenoxy) is 11. The first-order valence-electron chi connectivity index (χ1n) is 27.0. The van der Waals surface area contributed by atoms with E-state index in [0.717, 1.165) is 5.56 Å². The van der Waals surface area contributed by atoms with Crippen LogP contribution in [0, 0.1) is 16.7 Å². The summed E-state index contributed by atoms with van der Waals surface area (Å²) in [6.45, 7) is 10.3. The second-order valence-corrected chi connectivity index (χ2v) is 22.9. The molecule has 23 atom stereocenters. The van der Waals surface area contributed by atoms with Crippen LogP contribution in [0.5, 0.6) is 0 Å². The fourth-order valence-corrected chi connectivity index (χ4v) is 14.3. The van der Waals surface area contributed by atoms with E-state index in [1.807, 2.05) is 51.1 Å². The molecule has 0 bridgehead atoms. The van der Waals surface area contributed by atoms with E-state index in [2.05, 4.69) is 4.98 Å². The molecular weight excluding hydrogens is 1000 g/mol. The molecule has 6 fully saturated rings. The zero-order valence-corrected chi connectivity index (χ0v) is 45.4. The largest absolute Gasteiger partial charge is 0.458 e. The summed E-state index contributed by atoms with van der Waals surface area (Å²) in [5, 5.41) is 73.9. The molecule has 3 saturated heterocycles. The van der Waals surface area contributed by atoms with Gasteiger partial charge in [0.05, 0.1) is 53.2 Å². The van der Waals surface area contributed by atoms with Crippen molar-refractivity contribution in [3.05, 3.63) is 84.2 Å². The van der Waals surface area contributed by atoms with Gasteiger partial charge in [-0.3, -0.25) is 4.98 Å². The van der Waals surface area contributed by atoms with Gasteiger partial charge in [0, 0.05) is 70.4 Å². The van der Waals surface area contributed by atoms with E-state index in [1.165, 1.54) is 44.6 Å². The minimum absolute atomic E-state index is 0.0832. The third-order valence-corrected chi connectivity index (χ3v) is 19.0. The molecule has 3 saturated carbocycles. The summed E-state index contributed by atoms with van der Waals surface area (Å²) in [4.78, 5) is 31.4. The Kier molecular flexibility index (Phi) is 16.7. The number of benzene rings is 1. The molecule has 77 heavy (non-hydrogen) atoms. The predicted octanol–water partition coefficient (Wildman–Crippen LogP) is 3.69. The highest BCUT2D eigenvalue weighted by atomic mass is 16.8. The van der Waals surface area contributed by atoms with Gasteiger partial charge in [-0.1, -0.05) is 56.3 Å². The van der Waals surface area contributed by atoms with E-state index >= 15 is 0 Å². The maximum absolute atomic E-state index is 13.9. The van der Waals surface area contributed by atoms with Crippen LogP contribution in [0.3, 0.4) is 0 Å². The van der Waals surface area contributed by atoms with Crippen LogP contribution in [0.25, 0.3) is 6.08 Å². The lowest BCUT2D eigenvalue weighted by Gasteiger charge is -2.68. The lowest BCUT2D eigenvalue weighted by Crippen LogP contribution is -2.80. The average Bonchev–Trinajstić information content (AvgIpc) is 3.96. The number of fused-ring (bicyclic) bond motifs is 5. The van der Waals surface area contributed by atoms with Crippen LogP contribution in [-0.2, 0) is 56.9 Å². The molecule has 4 heterocycles. The molecule has 426 valence electrons. The standard InChI is InChI=1S/C57H79NO19/c1-31-45(60)49(69-9)46(61)51(72-31)77-48-33(3)71-44(27-39(48)68-8)76-47-32(2)70-43(26-38(47)67-7)74-37-19-20-52(5)40-28-41(75-42(59)18-17-35-14-11-10-12-15-35)53(6)55(64,34(4)73-50(62)36-16-13-25-58-30-36)23-24-57(53,66)56(40,65)22-21-54(52,63)29-37/h10-18,21-22,25,30-34,37-41,43-49,51,60-61,63-66H,19-20,23-24,26-29H2,1-9H3/t31-,32-,33-,34+,37+,38+,39+,40-,41-,43+,44+,45-,46-,47-,48-,49+,51+,52-,53-,54-,55-,56+,57-/m1/s1. The monoisotopic (exact) mass is 1080 g/mol. The van der Waals surface area contributed by atoms with Gasteiger partial charge < -0.3 is 82.7 Å². The molecule has 7 aliphatic rings. The summed E-state index contributed by atoms with van der Waals surface area (Å²) >= 11 is 0. The Morgan fingerprint density at radius 3 is 2.05 bits per heavy atom. The van der Waals surface area contributed by atoms with E-state index in [1.54, 1.807) is 46.3 Å². The number of esters is 2. The number of hydrogen-bond acceptors (Lipinski definition) is 20. The Hall–Kier alpha value is -3.81. The topological polar surface area (TPSA) is 270 Å². The van der Waals surface area contributed by atoms with Crippen molar-refractivity contribution in [2.45, 2.75) is 214 Å². The molecule has 20 nitrogen and oxygen atoms in total. The van der Waals surface area contributed by atoms with Crippen molar-refractivity contribution in [1.82, 2.24) is 4.98 Å². The lowest BCUT2D eigenvalue weighted by atomic mass is 9.41. The SMILES string of the molecule is CO[C@@H]1[C@@H](O)[C@H](O[C@H]2[C@@H](OC)C[C@H](O[C@H]3[C@@H](OC)C[C@H](O[C@H]4CC[C@]5(C)[C@H]6C[C@@H](OC(=O)C=Cc7ccccc7)[C@@]7(C)[C@](O)(CC[C@@]7(O)[C@H](C)OC(=O)c7cccnc7)[C@]6(O)C=C[C@@]5(O)C4)O[C@@H]3C)O[C@@H]2C)O[C@H](C)[C@H]1O. The molecule has 4 aliphatic carbocycles. The first kappa shape index (κ1) is 57.9. The van der Waals surface area contributed by atoms with Gasteiger partial charge in [-0.15, -0.1) is 0 Å². The smallest absolute Gasteiger partial charge is 0.340 e. The van der Waals surface area contributed by atoms with E-state index in [-0.39, 0.29) is 44.1 Å². The number of rotatable bonds is 15. The normalized spacial score (nSPS) is 46.1. The summed E-state index contributed by atoms with van der Waals surface area (Å²) in [6.07, 6.45) is -3.33. The highest BCUT2D eigenvalue weighted by Crippen LogP contribution is 2.71. The van der Waals surface area contributed by atoms with Gasteiger partial charge in [-0.2, -0.15) is 0 Å². The molecule has 0 amide bonds. The Labute approximate surface area is 449 Å². The zero-order chi connectivity index (χ0) is 55.5. The third kappa shape index (κ3) is 10.0. The van der Waals surface area contributed by atoms with Crippen molar-refractivity contribution in [1.29, 1.82) is 0 Å². The Morgan fingerprint density at radius 1 is 0.753 bits per heavy atom. The van der Waals surface area contributed by atoms with Crippen LogP contribution in [-0.4, -0.2) is 190 Å². The highest BCUT2D eigenvalue weighted by Gasteiger charge is 2.82. The molecule has 2 aromatic rings.